The van der Waals surface area contributed by atoms with Gasteiger partial charge in [0.25, 0.3) is 0 Å². The first-order valence-corrected chi connectivity index (χ1v) is 6.28. The van der Waals surface area contributed by atoms with E-state index < -0.39 is 0 Å². The summed E-state index contributed by atoms with van der Waals surface area (Å²) in [4.78, 5) is 0. The molecule has 6 nitrogen and oxygen atoms in total. The number of oxime groups is 1. The van der Waals surface area contributed by atoms with Crippen LogP contribution in [0, 0.1) is 11.8 Å². The molecule has 2 bridgehead atoms. The zero-order valence-electron chi connectivity index (χ0n) is 8.94. The third kappa shape index (κ3) is 1.41. The molecule has 7 heteroatoms. The Hall–Kier alpha value is -1.11. The summed E-state index contributed by atoms with van der Waals surface area (Å²) in [6, 6.07) is 0. The summed E-state index contributed by atoms with van der Waals surface area (Å²) in [6.45, 7) is 0. The molecule has 0 saturated heterocycles. The van der Waals surface area contributed by atoms with Gasteiger partial charge in [0, 0.05) is 13.0 Å². The molecule has 2 aliphatic rings. The first kappa shape index (κ1) is 10.1. The second-order valence-corrected chi connectivity index (χ2v) is 5.53. The fourth-order valence-corrected chi connectivity index (χ4v) is 4.06. The Morgan fingerprint density at radius 3 is 3.06 bits per heavy atom. The molecule has 1 heterocycles. The van der Waals surface area contributed by atoms with E-state index in [4.69, 9.17) is 5.21 Å². The summed E-state index contributed by atoms with van der Waals surface area (Å²) in [5, 5.41) is 25.0. The van der Waals surface area contributed by atoms with Gasteiger partial charge in [-0.05, 0) is 35.6 Å². The van der Waals surface area contributed by atoms with Crippen molar-refractivity contribution in [3.63, 3.8) is 0 Å². The summed E-state index contributed by atoms with van der Waals surface area (Å²) < 4.78 is 1.66. The molecule has 0 spiro atoms. The normalized spacial score (nSPS) is 35.1. The van der Waals surface area contributed by atoms with E-state index in [1.54, 1.807) is 16.4 Å². The van der Waals surface area contributed by atoms with Crippen molar-refractivity contribution < 1.29 is 5.21 Å². The van der Waals surface area contributed by atoms with Crippen LogP contribution in [0.25, 0.3) is 0 Å². The molecule has 16 heavy (non-hydrogen) atoms. The molecule has 86 valence electrons. The molecule has 2 fully saturated rings. The fraction of sp³-hybridized carbons (Fsp3) is 0.778. The van der Waals surface area contributed by atoms with Crippen LogP contribution < -0.4 is 0 Å². The zero-order valence-corrected chi connectivity index (χ0v) is 9.76. The third-order valence-corrected chi connectivity index (χ3v) is 4.98. The van der Waals surface area contributed by atoms with Gasteiger partial charge in [-0.2, -0.15) is 0 Å². The quantitative estimate of drug-likeness (QED) is 0.613. The molecule has 2 saturated carbocycles. The minimum atomic E-state index is 0.258. The molecule has 0 amide bonds. The molecule has 1 aromatic rings. The number of rotatable bonds is 2. The van der Waals surface area contributed by atoms with Crippen LogP contribution in [-0.4, -0.2) is 36.4 Å². The molecule has 0 radical (unpaired) electrons. The number of thioether (sulfide) groups is 1. The Morgan fingerprint density at radius 2 is 2.38 bits per heavy atom. The van der Waals surface area contributed by atoms with E-state index >= 15 is 0 Å². The first-order valence-electron chi connectivity index (χ1n) is 5.40. The summed E-state index contributed by atoms with van der Waals surface area (Å²) in [6.07, 6.45) is 3.55. The number of fused-ring (bicyclic) bond motifs is 2. The van der Waals surface area contributed by atoms with Crippen molar-refractivity contribution in [3.8, 4) is 0 Å². The van der Waals surface area contributed by atoms with Gasteiger partial charge in [0.2, 0.25) is 5.16 Å². The van der Waals surface area contributed by atoms with E-state index in [1.165, 1.54) is 6.42 Å². The van der Waals surface area contributed by atoms with Crippen LogP contribution in [0.2, 0.25) is 0 Å². The van der Waals surface area contributed by atoms with Crippen molar-refractivity contribution in [1.82, 2.24) is 20.2 Å². The maximum atomic E-state index is 9.07. The van der Waals surface area contributed by atoms with Crippen molar-refractivity contribution in [1.29, 1.82) is 0 Å². The molecular weight excluding hydrogens is 226 g/mol. The van der Waals surface area contributed by atoms with Crippen LogP contribution in [0.3, 0.4) is 0 Å². The van der Waals surface area contributed by atoms with E-state index in [2.05, 4.69) is 20.7 Å². The van der Waals surface area contributed by atoms with Gasteiger partial charge in [0.05, 0.1) is 11.0 Å². The van der Waals surface area contributed by atoms with Gasteiger partial charge in [-0.15, -0.1) is 5.10 Å². The van der Waals surface area contributed by atoms with Crippen LogP contribution in [0.5, 0.6) is 0 Å². The standard InChI is InChI=1S/C9H13N5OS/c1-14-9(10-12-13-14)16-8-6-3-2-5(4-6)7(8)11-15/h5-6,8,15H,2-4H2,1H3/b11-7+/t5-,6-,8+/m0/s1. The minimum Gasteiger partial charge on any atom is -0.411 e. The van der Waals surface area contributed by atoms with Crippen LogP contribution in [-0.2, 0) is 7.05 Å². The largest absolute Gasteiger partial charge is 0.411 e. The topological polar surface area (TPSA) is 76.2 Å². The summed E-state index contributed by atoms with van der Waals surface area (Å²) in [5.41, 5.74) is 0.934. The Bertz CT molecular complexity index is 431. The van der Waals surface area contributed by atoms with Gasteiger partial charge >= 0.3 is 0 Å². The molecule has 2 aliphatic carbocycles. The maximum absolute atomic E-state index is 9.07. The van der Waals surface area contributed by atoms with Crippen molar-refractivity contribution in [2.24, 2.45) is 24.0 Å². The highest BCUT2D eigenvalue weighted by molar-refractivity contribution is 8.00. The van der Waals surface area contributed by atoms with E-state index in [0.29, 0.717) is 11.8 Å². The molecule has 1 N–H and O–H groups in total. The average molecular weight is 239 g/mol. The number of hydrogen-bond acceptors (Lipinski definition) is 6. The van der Waals surface area contributed by atoms with Crippen LogP contribution in [0.15, 0.2) is 10.3 Å². The lowest BCUT2D eigenvalue weighted by Gasteiger charge is -2.20. The number of tetrazole rings is 1. The Kier molecular flexibility index (Phi) is 2.34. The Balaban J connectivity index is 1.83. The monoisotopic (exact) mass is 239 g/mol. The van der Waals surface area contributed by atoms with Gasteiger partial charge in [-0.3, -0.25) is 0 Å². The molecule has 0 aliphatic heterocycles. The second-order valence-electron chi connectivity index (χ2n) is 4.42. The first-order chi connectivity index (χ1) is 7.79. The molecular formula is C9H13N5OS. The predicted octanol–water partition coefficient (Wildman–Crippen LogP) is 0.931. The van der Waals surface area contributed by atoms with Crippen LogP contribution in [0.4, 0.5) is 0 Å². The average Bonchev–Trinajstić information content (AvgIpc) is 2.95. The third-order valence-electron chi connectivity index (χ3n) is 3.54. The fourth-order valence-electron chi connectivity index (χ4n) is 2.76. The molecule has 3 atom stereocenters. The maximum Gasteiger partial charge on any atom is 0.209 e. The summed E-state index contributed by atoms with van der Waals surface area (Å²) in [7, 11) is 1.82. The van der Waals surface area contributed by atoms with E-state index in [0.717, 1.165) is 23.7 Å². The smallest absolute Gasteiger partial charge is 0.209 e. The highest BCUT2D eigenvalue weighted by atomic mass is 32.2. The molecule has 0 unspecified atom stereocenters. The second kappa shape index (κ2) is 3.73. The Morgan fingerprint density at radius 1 is 1.50 bits per heavy atom. The molecule has 0 aromatic carbocycles. The van der Waals surface area contributed by atoms with Crippen molar-refractivity contribution in [3.05, 3.63) is 0 Å². The van der Waals surface area contributed by atoms with Crippen molar-refractivity contribution in [2.75, 3.05) is 0 Å². The van der Waals surface area contributed by atoms with Crippen LogP contribution >= 0.6 is 11.8 Å². The van der Waals surface area contributed by atoms with Crippen molar-refractivity contribution in [2.45, 2.75) is 29.7 Å². The highest BCUT2D eigenvalue weighted by Gasteiger charge is 2.46. The Labute approximate surface area is 97.1 Å². The minimum absolute atomic E-state index is 0.258. The lowest BCUT2D eigenvalue weighted by molar-refractivity contribution is 0.314. The van der Waals surface area contributed by atoms with Gasteiger partial charge in [0.15, 0.2) is 0 Å². The lowest BCUT2D eigenvalue weighted by Crippen LogP contribution is -2.25. The predicted molar refractivity (Wildman–Crippen MR) is 58.5 cm³/mol. The zero-order chi connectivity index (χ0) is 11.1. The van der Waals surface area contributed by atoms with E-state index in [9.17, 15) is 0 Å². The lowest BCUT2D eigenvalue weighted by atomic mass is 9.98. The number of aromatic nitrogens is 4. The molecule has 1 aromatic heterocycles. The van der Waals surface area contributed by atoms with Gasteiger partial charge < -0.3 is 5.21 Å². The SMILES string of the molecule is Cn1nnnc1S[C@H]1/C(=N/O)[C@H]2CC[C@H]1C2. The highest BCUT2D eigenvalue weighted by Crippen LogP contribution is 2.48. The van der Waals surface area contributed by atoms with Gasteiger partial charge in [-0.25, -0.2) is 4.68 Å². The van der Waals surface area contributed by atoms with Gasteiger partial charge in [0.1, 0.15) is 0 Å². The van der Waals surface area contributed by atoms with Crippen molar-refractivity contribution >= 4 is 17.5 Å². The van der Waals surface area contributed by atoms with Crippen LogP contribution in [0.1, 0.15) is 19.3 Å². The van der Waals surface area contributed by atoms with Gasteiger partial charge in [-0.1, -0.05) is 16.9 Å². The molecule has 3 rings (SSSR count). The van der Waals surface area contributed by atoms with E-state index in [-0.39, 0.29) is 5.25 Å². The number of hydrogen-bond donors (Lipinski definition) is 1. The number of aryl methyl sites for hydroxylation is 1. The summed E-state index contributed by atoms with van der Waals surface area (Å²) >= 11 is 1.62. The summed E-state index contributed by atoms with van der Waals surface area (Å²) in [5.74, 6) is 1.10. The van der Waals surface area contributed by atoms with E-state index in [1.807, 2.05) is 7.05 Å². The number of nitrogens with zero attached hydrogens (tertiary/aromatic N) is 5.